The van der Waals surface area contributed by atoms with Crippen LogP contribution in [0.4, 0.5) is 5.82 Å². The van der Waals surface area contributed by atoms with Gasteiger partial charge in [-0.3, -0.25) is 4.98 Å². The maximum Gasteiger partial charge on any atom is 0.182 e. The summed E-state index contributed by atoms with van der Waals surface area (Å²) >= 11 is 0. The highest BCUT2D eigenvalue weighted by atomic mass is 16.5. The molecule has 10 heteroatoms. The fourth-order valence-corrected chi connectivity index (χ4v) is 4.68. The number of aromatic nitrogens is 7. The molecule has 4 aromatic rings. The van der Waals surface area contributed by atoms with Crippen molar-refractivity contribution in [2.75, 3.05) is 44.3 Å². The maximum atomic E-state index is 5.59. The molecule has 0 radical (unpaired) electrons. The lowest BCUT2D eigenvalue weighted by Crippen LogP contribution is -2.37. The smallest absolute Gasteiger partial charge is 0.182 e. The predicted octanol–water partition coefficient (Wildman–Crippen LogP) is 2.19. The summed E-state index contributed by atoms with van der Waals surface area (Å²) in [6, 6.07) is 5.81. The molecule has 0 amide bonds. The average molecular weight is 458 g/mol. The van der Waals surface area contributed by atoms with Crippen molar-refractivity contribution < 1.29 is 4.74 Å². The second kappa shape index (κ2) is 9.03. The molecule has 0 spiro atoms. The fourth-order valence-electron chi connectivity index (χ4n) is 4.68. The summed E-state index contributed by atoms with van der Waals surface area (Å²) in [5.74, 6) is 3.40. The topological polar surface area (TPSA) is 107 Å². The number of nitrogens with one attached hydrogen (secondary N) is 1. The van der Waals surface area contributed by atoms with Crippen molar-refractivity contribution in [3.8, 4) is 22.9 Å². The zero-order chi connectivity index (χ0) is 22.9. The number of piperidine rings is 1. The van der Waals surface area contributed by atoms with Crippen LogP contribution in [0.1, 0.15) is 24.6 Å². The zero-order valence-electron chi connectivity index (χ0n) is 19.2. The highest BCUT2D eigenvalue weighted by Gasteiger charge is 2.24. The second-order valence-corrected chi connectivity index (χ2v) is 8.72. The lowest BCUT2D eigenvalue weighted by atomic mass is 9.99. The quantitative estimate of drug-likeness (QED) is 0.493. The van der Waals surface area contributed by atoms with Gasteiger partial charge >= 0.3 is 0 Å². The Hall–Kier alpha value is -3.50. The number of hydrogen-bond acceptors (Lipinski definition) is 9. The molecule has 0 saturated carbocycles. The van der Waals surface area contributed by atoms with E-state index in [1.807, 2.05) is 36.0 Å². The summed E-state index contributed by atoms with van der Waals surface area (Å²) in [5.41, 5.74) is 3.28. The Bertz CT molecular complexity index is 1290. The first-order valence-electron chi connectivity index (χ1n) is 11.8. The minimum absolute atomic E-state index is 0.311. The number of anilines is 1. The van der Waals surface area contributed by atoms with Crippen LogP contribution in [0.25, 0.3) is 34.1 Å². The highest BCUT2D eigenvalue weighted by Crippen LogP contribution is 2.31. The van der Waals surface area contributed by atoms with Gasteiger partial charge in [-0.15, -0.1) is 0 Å². The van der Waals surface area contributed by atoms with Gasteiger partial charge in [0.05, 0.1) is 13.2 Å². The Balaban J connectivity index is 1.49. The Labute approximate surface area is 197 Å². The molecular formula is C24H27N9O. The zero-order valence-corrected chi connectivity index (χ0v) is 19.2. The molecular weight excluding hydrogens is 430 g/mol. The Kier molecular flexibility index (Phi) is 5.60. The van der Waals surface area contributed by atoms with Crippen LogP contribution >= 0.6 is 0 Å². The minimum atomic E-state index is 0.311. The van der Waals surface area contributed by atoms with Gasteiger partial charge in [-0.05, 0) is 37.6 Å². The van der Waals surface area contributed by atoms with Gasteiger partial charge in [0.15, 0.2) is 22.8 Å². The lowest BCUT2D eigenvalue weighted by molar-refractivity contribution is 0.122. The molecule has 6 rings (SSSR count). The number of pyridine rings is 1. The first kappa shape index (κ1) is 21.1. The van der Waals surface area contributed by atoms with Crippen molar-refractivity contribution in [3.05, 3.63) is 42.6 Å². The van der Waals surface area contributed by atoms with E-state index in [9.17, 15) is 0 Å². The van der Waals surface area contributed by atoms with E-state index in [0.29, 0.717) is 25.0 Å². The molecule has 1 N–H and O–H groups in total. The molecule has 2 fully saturated rings. The van der Waals surface area contributed by atoms with Gasteiger partial charge in [0.2, 0.25) is 0 Å². The van der Waals surface area contributed by atoms with Crippen molar-refractivity contribution in [1.82, 2.24) is 39.8 Å². The van der Waals surface area contributed by atoms with Gasteiger partial charge in [0.25, 0.3) is 0 Å². The second-order valence-electron chi connectivity index (χ2n) is 8.72. The number of imidazole rings is 1. The number of nitrogens with zero attached hydrogens (tertiary/aromatic N) is 8. The van der Waals surface area contributed by atoms with Gasteiger partial charge in [-0.2, -0.15) is 0 Å². The van der Waals surface area contributed by atoms with Gasteiger partial charge < -0.3 is 19.5 Å². The number of ether oxygens (including phenoxy) is 1. The molecule has 34 heavy (non-hydrogen) atoms. The first-order chi connectivity index (χ1) is 16.8. The molecule has 4 aromatic heterocycles. The first-order valence-corrected chi connectivity index (χ1v) is 11.8. The van der Waals surface area contributed by atoms with Crippen LogP contribution in [0.3, 0.4) is 0 Å². The van der Waals surface area contributed by atoms with Crippen LogP contribution in [0, 0.1) is 0 Å². The van der Waals surface area contributed by atoms with E-state index in [4.69, 9.17) is 24.7 Å². The largest absolute Gasteiger partial charge is 0.378 e. The fraction of sp³-hybridized carbons (Fsp3) is 0.417. The minimum Gasteiger partial charge on any atom is -0.378 e. The Morgan fingerprint density at radius 1 is 1.00 bits per heavy atom. The molecule has 1 atom stereocenters. The van der Waals surface area contributed by atoms with E-state index in [-0.39, 0.29) is 0 Å². The van der Waals surface area contributed by atoms with Crippen LogP contribution < -0.4 is 10.2 Å². The van der Waals surface area contributed by atoms with Crippen LogP contribution in [0.2, 0.25) is 0 Å². The molecule has 174 valence electrons. The third kappa shape index (κ3) is 3.88. The van der Waals surface area contributed by atoms with Crippen molar-refractivity contribution in [3.63, 3.8) is 0 Å². The summed E-state index contributed by atoms with van der Waals surface area (Å²) < 4.78 is 7.61. The molecule has 6 heterocycles. The number of rotatable bonds is 4. The normalized spacial score (nSPS) is 19.0. The van der Waals surface area contributed by atoms with E-state index in [1.54, 1.807) is 12.4 Å². The monoisotopic (exact) mass is 457 g/mol. The van der Waals surface area contributed by atoms with Gasteiger partial charge in [0, 0.05) is 56.8 Å². The number of morpholine rings is 1. The number of hydrogen-bond donors (Lipinski definition) is 1. The third-order valence-electron chi connectivity index (χ3n) is 6.51. The molecule has 0 aromatic carbocycles. The van der Waals surface area contributed by atoms with Crippen LogP contribution in [0.5, 0.6) is 0 Å². The molecule has 2 aliphatic rings. The summed E-state index contributed by atoms with van der Waals surface area (Å²) in [6.45, 7) is 4.80. The van der Waals surface area contributed by atoms with Crippen molar-refractivity contribution in [2.45, 2.75) is 18.8 Å². The number of fused-ring (bicyclic) bond motifs is 1. The van der Waals surface area contributed by atoms with Gasteiger partial charge in [-0.25, -0.2) is 24.9 Å². The highest BCUT2D eigenvalue weighted by molar-refractivity contribution is 5.88. The van der Waals surface area contributed by atoms with E-state index in [0.717, 1.165) is 78.9 Å². The van der Waals surface area contributed by atoms with E-state index >= 15 is 0 Å². The SMILES string of the molecule is Cn1c(-c2ccncc2)nc2c(N3CCOCC3)nc(-c3ccnc(C4CCCNC4)n3)nc21. The standard InChI is InChI=1S/C24H27N9O/c1-32-22(16-4-8-25-9-5-16)29-19-23(32)30-21(31-24(19)33-11-13-34-14-12-33)18-6-10-27-20(28-18)17-3-2-7-26-15-17/h4-6,8-10,17,26H,2-3,7,11-15H2,1H3. The molecule has 10 nitrogen and oxygen atoms in total. The van der Waals surface area contributed by atoms with Crippen LogP contribution in [-0.2, 0) is 11.8 Å². The molecule has 2 aliphatic heterocycles. The lowest BCUT2D eigenvalue weighted by Gasteiger charge is -2.28. The maximum absolute atomic E-state index is 5.59. The molecule has 1 unspecified atom stereocenters. The van der Waals surface area contributed by atoms with Crippen LogP contribution in [0.15, 0.2) is 36.8 Å². The number of aryl methyl sites for hydroxylation is 1. The van der Waals surface area contributed by atoms with Crippen molar-refractivity contribution in [2.24, 2.45) is 7.05 Å². The molecule has 2 saturated heterocycles. The van der Waals surface area contributed by atoms with Gasteiger partial charge in [0.1, 0.15) is 17.3 Å². The van der Waals surface area contributed by atoms with Crippen LogP contribution in [-0.4, -0.2) is 73.9 Å². The summed E-state index contributed by atoms with van der Waals surface area (Å²) in [5, 5.41) is 3.45. The average Bonchev–Trinajstić information content (AvgIpc) is 3.26. The van der Waals surface area contributed by atoms with Crippen molar-refractivity contribution in [1.29, 1.82) is 0 Å². The third-order valence-corrected chi connectivity index (χ3v) is 6.51. The summed E-state index contributed by atoms with van der Waals surface area (Å²) in [6.07, 6.45) is 7.59. The summed E-state index contributed by atoms with van der Waals surface area (Å²) in [4.78, 5) is 30.7. The van der Waals surface area contributed by atoms with E-state index < -0.39 is 0 Å². The van der Waals surface area contributed by atoms with E-state index in [2.05, 4.69) is 20.2 Å². The Morgan fingerprint density at radius 3 is 2.65 bits per heavy atom. The van der Waals surface area contributed by atoms with E-state index in [1.165, 1.54) is 0 Å². The van der Waals surface area contributed by atoms with Gasteiger partial charge in [-0.1, -0.05) is 0 Å². The summed E-state index contributed by atoms with van der Waals surface area (Å²) in [7, 11) is 1.99. The molecule has 0 aliphatic carbocycles. The molecule has 0 bridgehead atoms. The van der Waals surface area contributed by atoms with Crippen molar-refractivity contribution >= 4 is 17.0 Å². The Morgan fingerprint density at radius 2 is 1.85 bits per heavy atom. The predicted molar refractivity (Wildman–Crippen MR) is 128 cm³/mol.